The molecule has 7 nitrogen and oxygen atoms in total. The summed E-state index contributed by atoms with van der Waals surface area (Å²) in [6.07, 6.45) is 1.99. The molecule has 0 aliphatic carbocycles. The number of nitrogens with zero attached hydrogens (tertiary/aromatic N) is 2. The van der Waals surface area contributed by atoms with Gasteiger partial charge in [0, 0.05) is 13.1 Å². The maximum atomic E-state index is 12.2. The first kappa shape index (κ1) is 14.4. The monoisotopic (exact) mass is 304 g/mol. The Labute approximate surface area is 126 Å². The summed E-state index contributed by atoms with van der Waals surface area (Å²) >= 11 is 0. The summed E-state index contributed by atoms with van der Waals surface area (Å²) in [4.78, 5) is 37.4. The minimum absolute atomic E-state index is 0.0522. The zero-order chi connectivity index (χ0) is 15.7. The van der Waals surface area contributed by atoms with Gasteiger partial charge in [-0.1, -0.05) is 0 Å². The number of amides is 1. The van der Waals surface area contributed by atoms with Gasteiger partial charge < -0.3 is 14.1 Å². The molecule has 0 N–H and O–H groups in total. The standard InChI is InChI=1S/C15H16N2O5/c1-21-14(19)10-4-5-11-12(8-10)22-15(20)17(11)9-13(18)16-6-2-3-7-16/h4-5,8H,2-3,6-7,9H2,1H3. The first-order valence-corrected chi connectivity index (χ1v) is 7.09. The van der Waals surface area contributed by atoms with Crippen molar-refractivity contribution in [2.45, 2.75) is 19.4 Å². The van der Waals surface area contributed by atoms with Gasteiger partial charge in [-0.15, -0.1) is 0 Å². The van der Waals surface area contributed by atoms with Gasteiger partial charge in [-0.05, 0) is 31.0 Å². The molecule has 116 valence electrons. The Bertz CT molecular complexity index is 783. The fourth-order valence-corrected chi connectivity index (χ4v) is 2.66. The number of carbonyl (C=O) groups excluding carboxylic acids is 2. The second kappa shape index (κ2) is 5.67. The molecule has 1 aliphatic heterocycles. The Morgan fingerprint density at radius 2 is 2.00 bits per heavy atom. The Balaban J connectivity index is 1.92. The number of carbonyl (C=O) groups is 2. The van der Waals surface area contributed by atoms with Gasteiger partial charge in [0.2, 0.25) is 5.91 Å². The number of fused-ring (bicyclic) bond motifs is 1. The summed E-state index contributed by atoms with van der Waals surface area (Å²) < 4.78 is 11.0. The third-order valence-electron chi connectivity index (χ3n) is 3.84. The van der Waals surface area contributed by atoms with E-state index < -0.39 is 11.7 Å². The fourth-order valence-electron chi connectivity index (χ4n) is 2.66. The van der Waals surface area contributed by atoms with E-state index in [1.807, 2.05) is 0 Å². The quantitative estimate of drug-likeness (QED) is 0.790. The number of hydrogen-bond donors (Lipinski definition) is 0. The molecular formula is C15H16N2O5. The van der Waals surface area contributed by atoms with Gasteiger partial charge in [0.1, 0.15) is 6.54 Å². The first-order valence-electron chi connectivity index (χ1n) is 7.09. The smallest absolute Gasteiger partial charge is 0.420 e. The number of esters is 1. The van der Waals surface area contributed by atoms with Crippen molar-refractivity contribution in [3.63, 3.8) is 0 Å². The Morgan fingerprint density at radius 3 is 2.68 bits per heavy atom. The van der Waals surface area contributed by atoms with Gasteiger partial charge >= 0.3 is 11.7 Å². The molecule has 2 aromatic rings. The zero-order valence-electron chi connectivity index (χ0n) is 12.2. The maximum absolute atomic E-state index is 12.2. The third kappa shape index (κ3) is 2.49. The van der Waals surface area contributed by atoms with E-state index in [4.69, 9.17) is 4.42 Å². The summed E-state index contributed by atoms with van der Waals surface area (Å²) in [6.45, 7) is 1.41. The van der Waals surface area contributed by atoms with E-state index in [2.05, 4.69) is 4.74 Å². The van der Waals surface area contributed by atoms with Crippen LogP contribution in [0.15, 0.2) is 27.4 Å². The molecule has 3 rings (SSSR count). The molecule has 0 unspecified atom stereocenters. The van der Waals surface area contributed by atoms with Crippen LogP contribution in [-0.4, -0.2) is 41.5 Å². The Morgan fingerprint density at radius 1 is 1.27 bits per heavy atom. The number of hydrogen-bond acceptors (Lipinski definition) is 5. The van der Waals surface area contributed by atoms with E-state index in [0.29, 0.717) is 11.1 Å². The molecule has 1 saturated heterocycles. The zero-order valence-corrected chi connectivity index (χ0v) is 12.2. The van der Waals surface area contributed by atoms with Gasteiger partial charge in [-0.2, -0.15) is 0 Å². The van der Waals surface area contributed by atoms with Crippen LogP contribution in [0.5, 0.6) is 0 Å². The summed E-state index contributed by atoms with van der Waals surface area (Å²) in [5, 5.41) is 0. The molecule has 1 amide bonds. The highest BCUT2D eigenvalue weighted by Crippen LogP contribution is 2.17. The number of benzene rings is 1. The molecule has 0 bridgehead atoms. The second-order valence-corrected chi connectivity index (χ2v) is 5.22. The molecule has 2 heterocycles. The van der Waals surface area contributed by atoms with Crippen molar-refractivity contribution in [3.05, 3.63) is 34.3 Å². The van der Waals surface area contributed by atoms with Crippen LogP contribution in [0.2, 0.25) is 0 Å². The van der Waals surface area contributed by atoms with E-state index in [1.54, 1.807) is 17.0 Å². The van der Waals surface area contributed by atoms with Crippen LogP contribution in [0, 0.1) is 0 Å². The lowest BCUT2D eigenvalue weighted by molar-refractivity contribution is -0.130. The number of rotatable bonds is 3. The molecule has 7 heteroatoms. The van der Waals surface area contributed by atoms with Crippen molar-refractivity contribution < 1.29 is 18.7 Å². The van der Waals surface area contributed by atoms with Crippen molar-refractivity contribution >= 4 is 23.0 Å². The van der Waals surface area contributed by atoms with Crippen LogP contribution >= 0.6 is 0 Å². The molecule has 1 aliphatic rings. The number of likely N-dealkylation sites (tertiary alicyclic amines) is 1. The molecule has 22 heavy (non-hydrogen) atoms. The van der Waals surface area contributed by atoms with Crippen molar-refractivity contribution in [2.24, 2.45) is 0 Å². The molecule has 0 radical (unpaired) electrons. The number of aromatic nitrogens is 1. The van der Waals surface area contributed by atoms with Crippen LogP contribution in [0.25, 0.3) is 11.1 Å². The number of oxazole rings is 1. The summed E-state index contributed by atoms with van der Waals surface area (Å²) in [5.74, 6) is -1.21. The Hall–Kier alpha value is -2.57. The van der Waals surface area contributed by atoms with Crippen LogP contribution < -0.4 is 5.76 Å². The number of methoxy groups -OCH3 is 1. The third-order valence-corrected chi connectivity index (χ3v) is 3.84. The highest BCUT2D eigenvalue weighted by molar-refractivity contribution is 5.93. The van der Waals surface area contributed by atoms with Gasteiger partial charge in [0.25, 0.3) is 0 Å². The van der Waals surface area contributed by atoms with Gasteiger partial charge in [-0.3, -0.25) is 9.36 Å². The minimum Gasteiger partial charge on any atom is -0.465 e. The average molecular weight is 304 g/mol. The minimum atomic E-state index is -0.607. The summed E-state index contributed by atoms with van der Waals surface area (Å²) in [7, 11) is 1.28. The predicted molar refractivity (Wildman–Crippen MR) is 77.6 cm³/mol. The molecule has 0 spiro atoms. The fraction of sp³-hybridized carbons (Fsp3) is 0.400. The molecule has 1 aromatic carbocycles. The molecular weight excluding hydrogens is 288 g/mol. The molecule has 0 atom stereocenters. The summed E-state index contributed by atoms with van der Waals surface area (Å²) in [5.41, 5.74) is 1.05. The van der Waals surface area contributed by atoms with Crippen molar-refractivity contribution in [2.75, 3.05) is 20.2 Å². The average Bonchev–Trinajstić information content (AvgIpc) is 3.15. The normalized spacial score (nSPS) is 14.5. The Kier molecular flexibility index (Phi) is 3.70. The molecule has 0 saturated carbocycles. The van der Waals surface area contributed by atoms with Crippen LogP contribution in [-0.2, 0) is 16.1 Å². The van der Waals surface area contributed by atoms with Crippen LogP contribution in [0.3, 0.4) is 0 Å². The van der Waals surface area contributed by atoms with Gasteiger partial charge in [-0.25, -0.2) is 9.59 Å². The van der Waals surface area contributed by atoms with E-state index >= 15 is 0 Å². The maximum Gasteiger partial charge on any atom is 0.420 e. The molecule has 1 fully saturated rings. The van der Waals surface area contributed by atoms with Gasteiger partial charge in [0.05, 0.1) is 18.2 Å². The largest absolute Gasteiger partial charge is 0.465 e. The highest BCUT2D eigenvalue weighted by atomic mass is 16.5. The second-order valence-electron chi connectivity index (χ2n) is 5.22. The van der Waals surface area contributed by atoms with Crippen LogP contribution in [0.1, 0.15) is 23.2 Å². The number of ether oxygens (including phenoxy) is 1. The SMILES string of the molecule is COC(=O)c1ccc2c(c1)oc(=O)n2CC(=O)N1CCCC1. The van der Waals surface area contributed by atoms with E-state index in [0.717, 1.165) is 25.9 Å². The first-order chi connectivity index (χ1) is 10.6. The van der Waals surface area contributed by atoms with E-state index in [1.165, 1.54) is 17.7 Å². The van der Waals surface area contributed by atoms with E-state index in [9.17, 15) is 14.4 Å². The van der Waals surface area contributed by atoms with E-state index in [-0.39, 0.29) is 18.0 Å². The van der Waals surface area contributed by atoms with Crippen molar-refractivity contribution in [3.8, 4) is 0 Å². The summed E-state index contributed by atoms with van der Waals surface area (Å²) in [6, 6.07) is 4.57. The predicted octanol–water partition coefficient (Wildman–Crippen LogP) is 1.00. The van der Waals surface area contributed by atoms with Crippen molar-refractivity contribution in [1.29, 1.82) is 0 Å². The lowest BCUT2D eigenvalue weighted by atomic mass is 10.2. The lowest BCUT2D eigenvalue weighted by Gasteiger charge is -2.14. The topological polar surface area (TPSA) is 81.7 Å². The van der Waals surface area contributed by atoms with Crippen LogP contribution in [0.4, 0.5) is 0 Å². The highest BCUT2D eigenvalue weighted by Gasteiger charge is 2.21. The van der Waals surface area contributed by atoms with Gasteiger partial charge in [0.15, 0.2) is 5.58 Å². The molecule has 1 aromatic heterocycles. The van der Waals surface area contributed by atoms with Crippen molar-refractivity contribution in [1.82, 2.24) is 9.47 Å². The lowest BCUT2D eigenvalue weighted by Crippen LogP contribution is -2.33.